The molecular formula is C19H23N5S. The van der Waals surface area contributed by atoms with E-state index in [0.29, 0.717) is 12.1 Å². The number of nitrogens with zero attached hydrogens (tertiary/aromatic N) is 5. The second-order valence-corrected chi connectivity index (χ2v) is 8.61. The Morgan fingerprint density at radius 3 is 2.56 bits per heavy atom. The smallest absolute Gasteiger partial charge is 0.206 e. The first-order valence-corrected chi connectivity index (χ1v) is 9.77. The van der Waals surface area contributed by atoms with Gasteiger partial charge in [0.2, 0.25) is 5.95 Å². The molecular weight excluding hydrogens is 330 g/mol. The van der Waals surface area contributed by atoms with Gasteiger partial charge in [-0.25, -0.2) is 9.97 Å². The highest BCUT2D eigenvalue weighted by Crippen LogP contribution is 2.37. The van der Waals surface area contributed by atoms with Crippen LogP contribution in [0.4, 0.5) is 5.95 Å². The lowest BCUT2D eigenvalue weighted by Crippen LogP contribution is -2.68. The number of hydrogen-bond donors (Lipinski definition) is 0. The van der Waals surface area contributed by atoms with Gasteiger partial charge in [-0.1, -0.05) is 12.1 Å². The summed E-state index contributed by atoms with van der Waals surface area (Å²) in [6.07, 6.45) is 1.32. The largest absolute Gasteiger partial charge is 0.339 e. The second-order valence-electron chi connectivity index (χ2n) is 7.32. The number of imidazole rings is 1. The van der Waals surface area contributed by atoms with Gasteiger partial charge in [0, 0.05) is 43.6 Å². The van der Waals surface area contributed by atoms with E-state index in [1.165, 1.54) is 27.5 Å². The standard InChI is InChI=1S/C19H23N5S/c1-12-18(25-13(2)20-12)11-24-14-8-15(24)10-23(9-14)19-21-16-6-4-5-7-17(16)22(19)3/h4-7,14-15H,8-11H2,1-3H3. The monoisotopic (exact) mass is 353 g/mol. The van der Waals surface area contributed by atoms with Crippen LogP contribution in [0.15, 0.2) is 24.3 Å². The van der Waals surface area contributed by atoms with Crippen molar-refractivity contribution in [3.8, 4) is 0 Å². The van der Waals surface area contributed by atoms with Crippen LogP contribution in [0.1, 0.15) is 22.0 Å². The van der Waals surface area contributed by atoms with Gasteiger partial charge < -0.3 is 9.47 Å². The van der Waals surface area contributed by atoms with Gasteiger partial charge in [0.1, 0.15) is 0 Å². The first kappa shape index (κ1) is 15.3. The molecule has 0 radical (unpaired) electrons. The molecule has 2 unspecified atom stereocenters. The van der Waals surface area contributed by atoms with Crippen LogP contribution in [-0.2, 0) is 13.6 Å². The molecule has 1 aromatic carbocycles. The number of aryl methyl sites for hydroxylation is 3. The lowest BCUT2D eigenvalue weighted by atomic mass is 9.87. The fourth-order valence-electron chi connectivity index (χ4n) is 4.41. The Bertz CT molecular complexity index is 931. The number of rotatable bonds is 3. The number of fused-ring (bicyclic) bond motifs is 3. The molecule has 2 atom stereocenters. The van der Waals surface area contributed by atoms with Crippen molar-refractivity contribution in [2.24, 2.45) is 7.05 Å². The summed E-state index contributed by atoms with van der Waals surface area (Å²) in [5.41, 5.74) is 3.51. The predicted octanol–water partition coefficient (Wildman–Crippen LogP) is 3.11. The molecule has 130 valence electrons. The van der Waals surface area contributed by atoms with Crippen LogP contribution in [0.25, 0.3) is 11.0 Å². The normalized spacial score (nSPS) is 23.2. The Morgan fingerprint density at radius 2 is 1.88 bits per heavy atom. The molecule has 0 saturated carbocycles. The van der Waals surface area contributed by atoms with Crippen molar-refractivity contribution in [1.29, 1.82) is 0 Å². The highest BCUT2D eigenvalue weighted by atomic mass is 32.1. The van der Waals surface area contributed by atoms with Gasteiger partial charge in [0.25, 0.3) is 0 Å². The molecule has 5 heterocycles. The van der Waals surface area contributed by atoms with E-state index in [-0.39, 0.29) is 0 Å². The van der Waals surface area contributed by atoms with Crippen molar-refractivity contribution in [3.05, 3.63) is 39.8 Å². The highest BCUT2D eigenvalue weighted by Gasteiger charge is 2.45. The van der Waals surface area contributed by atoms with Crippen LogP contribution >= 0.6 is 11.3 Å². The van der Waals surface area contributed by atoms with Crippen molar-refractivity contribution in [2.45, 2.75) is 38.9 Å². The average molecular weight is 353 g/mol. The zero-order chi connectivity index (χ0) is 17.1. The zero-order valence-corrected chi connectivity index (χ0v) is 15.8. The third-order valence-corrected chi connectivity index (χ3v) is 6.77. The van der Waals surface area contributed by atoms with Crippen LogP contribution in [0.3, 0.4) is 0 Å². The van der Waals surface area contributed by atoms with Crippen LogP contribution < -0.4 is 4.90 Å². The molecule has 2 aromatic heterocycles. The van der Waals surface area contributed by atoms with E-state index < -0.39 is 0 Å². The summed E-state index contributed by atoms with van der Waals surface area (Å²) in [6, 6.07) is 9.68. The number of para-hydroxylation sites is 2. The predicted molar refractivity (Wildman–Crippen MR) is 102 cm³/mol. The van der Waals surface area contributed by atoms with Crippen LogP contribution in [-0.4, -0.2) is 44.6 Å². The molecule has 0 N–H and O–H groups in total. The third kappa shape index (κ3) is 2.39. The fraction of sp³-hybridized carbons (Fsp3) is 0.474. The molecule has 5 nitrogen and oxygen atoms in total. The van der Waals surface area contributed by atoms with Gasteiger partial charge in [0.15, 0.2) is 0 Å². The quantitative estimate of drug-likeness (QED) is 0.725. The third-order valence-electron chi connectivity index (χ3n) is 5.72. The van der Waals surface area contributed by atoms with Crippen molar-refractivity contribution >= 4 is 28.3 Å². The molecule has 0 aliphatic carbocycles. The Balaban J connectivity index is 1.35. The second kappa shape index (κ2) is 5.54. The van der Waals surface area contributed by atoms with Crippen LogP contribution in [0.2, 0.25) is 0 Å². The Morgan fingerprint density at radius 1 is 1.12 bits per heavy atom. The van der Waals surface area contributed by atoms with Crippen molar-refractivity contribution in [1.82, 2.24) is 19.4 Å². The summed E-state index contributed by atoms with van der Waals surface area (Å²) < 4.78 is 2.24. The highest BCUT2D eigenvalue weighted by molar-refractivity contribution is 7.11. The lowest BCUT2D eigenvalue weighted by molar-refractivity contribution is -0.00840. The van der Waals surface area contributed by atoms with Gasteiger partial charge >= 0.3 is 0 Å². The van der Waals surface area contributed by atoms with E-state index >= 15 is 0 Å². The van der Waals surface area contributed by atoms with Gasteiger partial charge in [-0.3, -0.25) is 4.90 Å². The minimum Gasteiger partial charge on any atom is -0.339 e. The first-order valence-electron chi connectivity index (χ1n) is 8.95. The van der Waals surface area contributed by atoms with E-state index in [1.807, 2.05) is 11.3 Å². The van der Waals surface area contributed by atoms with Gasteiger partial charge in [-0.2, -0.15) is 0 Å². The van der Waals surface area contributed by atoms with E-state index in [4.69, 9.17) is 4.98 Å². The Labute approximate surface area is 151 Å². The van der Waals surface area contributed by atoms with E-state index in [9.17, 15) is 0 Å². The molecule has 3 fully saturated rings. The summed E-state index contributed by atoms with van der Waals surface area (Å²) in [5.74, 6) is 1.11. The zero-order valence-electron chi connectivity index (χ0n) is 14.9. The molecule has 0 spiro atoms. The molecule has 3 aromatic rings. The molecule has 25 heavy (non-hydrogen) atoms. The first-order chi connectivity index (χ1) is 12.1. The Hall–Kier alpha value is -1.92. The van der Waals surface area contributed by atoms with E-state index in [0.717, 1.165) is 31.1 Å². The van der Waals surface area contributed by atoms with Crippen LogP contribution in [0.5, 0.6) is 0 Å². The summed E-state index contributed by atoms with van der Waals surface area (Å²) in [4.78, 5) is 16.0. The molecule has 6 heteroatoms. The van der Waals surface area contributed by atoms with Crippen molar-refractivity contribution in [3.63, 3.8) is 0 Å². The molecule has 3 aliphatic heterocycles. The van der Waals surface area contributed by atoms with E-state index in [2.05, 4.69) is 64.5 Å². The molecule has 3 aliphatic rings. The minimum atomic E-state index is 0.639. The number of benzene rings is 1. The average Bonchev–Trinajstić information content (AvgIpc) is 3.12. The summed E-state index contributed by atoms with van der Waals surface area (Å²) in [5, 5.41) is 1.18. The minimum absolute atomic E-state index is 0.639. The summed E-state index contributed by atoms with van der Waals surface area (Å²) in [7, 11) is 2.13. The van der Waals surface area contributed by atoms with Gasteiger partial charge in [-0.05, 0) is 32.4 Å². The fourth-order valence-corrected chi connectivity index (χ4v) is 5.36. The molecule has 6 rings (SSSR count). The number of anilines is 1. The number of piperidine rings is 1. The maximum Gasteiger partial charge on any atom is 0.206 e. The molecule has 0 amide bonds. The lowest BCUT2D eigenvalue weighted by Gasteiger charge is -2.56. The maximum atomic E-state index is 4.88. The van der Waals surface area contributed by atoms with Gasteiger partial charge in [0.05, 0.1) is 21.7 Å². The van der Waals surface area contributed by atoms with Crippen LogP contribution in [0, 0.1) is 13.8 Å². The maximum absolute atomic E-state index is 4.88. The summed E-state index contributed by atoms with van der Waals surface area (Å²) in [6.45, 7) is 7.45. The Kier molecular flexibility index (Phi) is 3.40. The van der Waals surface area contributed by atoms with E-state index in [1.54, 1.807) is 0 Å². The number of hydrogen-bond acceptors (Lipinski definition) is 5. The molecule has 2 bridgehead atoms. The SMILES string of the molecule is Cc1nc(C)c(CN2C3CC2CN(c2nc4ccccc4n2C)C3)s1. The molecule has 3 saturated heterocycles. The van der Waals surface area contributed by atoms with Crippen molar-refractivity contribution < 1.29 is 0 Å². The number of thiazole rings is 1. The van der Waals surface area contributed by atoms with Crippen molar-refractivity contribution in [2.75, 3.05) is 18.0 Å². The summed E-state index contributed by atoms with van der Waals surface area (Å²) >= 11 is 1.85. The topological polar surface area (TPSA) is 37.2 Å². The number of piperazine rings is 1. The van der Waals surface area contributed by atoms with Gasteiger partial charge in [-0.15, -0.1) is 11.3 Å². The number of aromatic nitrogens is 3.